The predicted octanol–water partition coefficient (Wildman–Crippen LogP) is 2.30. The zero-order chi connectivity index (χ0) is 15.9. The molecule has 1 heterocycles. The van der Waals surface area contributed by atoms with Crippen molar-refractivity contribution in [1.82, 2.24) is 10.2 Å². The number of nitrogens with zero attached hydrogens (tertiary/aromatic N) is 1. The fraction of sp³-hybridized carbons (Fsp3) is 0.529. The molecule has 5 heteroatoms. The van der Waals surface area contributed by atoms with E-state index in [1.807, 2.05) is 4.90 Å². The zero-order valence-corrected chi connectivity index (χ0v) is 13.0. The SMILES string of the molecule is CCCCC(=O)N1CCC(NC(=O)c2ccccc2O)CC1. The van der Waals surface area contributed by atoms with E-state index in [0.29, 0.717) is 25.1 Å². The second-order valence-electron chi connectivity index (χ2n) is 5.75. The Balaban J connectivity index is 1.81. The fourth-order valence-corrected chi connectivity index (χ4v) is 2.69. The molecule has 2 N–H and O–H groups in total. The Morgan fingerprint density at radius 3 is 2.59 bits per heavy atom. The highest BCUT2D eigenvalue weighted by Gasteiger charge is 2.24. The minimum Gasteiger partial charge on any atom is -0.507 e. The number of benzene rings is 1. The van der Waals surface area contributed by atoms with E-state index < -0.39 is 0 Å². The number of piperidine rings is 1. The van der Waals surface area contributed by atoms with Gasteiger partial charge in [0.05, 0.1) is 5.56 Å². The first-order valence-corrected chi connectivity index (χ1v) is 7.98. The summed E-state index contributed by atoms with van der Waals surface area (Å²) in [4.78, 5) is 26.0. The molecule has 1 fully saturated rings. The standard InChI is InChI=1S/C17H24N2O3/c1-2-3-8-16(21)19-11-9-13(10-12-19)18-17(22)14-6-4-5-7-15(14)20/h4-7,13,20H,2-3,8-12H2,1H3,(H,18,22). The smallest absolute Gasteiger partial charge is 0.255 e. The van der Waals surface area contributed by atoms with Crippen LogP contribution in [0.2, 0.25) is 0 Å². The van der Waals surface area contributed by atoms with Gasteiger partial charge in [-0.2, -0.15) is 0 Å². The van der Waals surface area contributed by atoms with E-state index >= 15 is 0 Å². The number of phenolic OH excluding ortho intramolecular Hbond substituents is 1. The third kappa shape index (κ3) is 4.23. The molecule has 0 spiro atoms. The minimum absolute atomic E-state index is 0.00724. The maximum absolute atomic E-state index is 12.1. The van der Waals surface area contributed by atoms with E-state index in [0.717, 1.165) is 25.7 Å². The van der Waals surface area contributed by atoms with Crippen LogP contribution in [-0.4, -0.2) is 41.0 Å². The molecule has 1 saturated heterocycles. The van der Waals surface area contributed by atoms with Crippen LogP contribution < -0.4 is 5.32 Å². The van der Waals surface area contributed by atoms with E-state index in [9.17, 15) is 14.7 Å². The van der Waals surface area contributed by atoms with Crippen molar-refractivity contribution in [3.63, 3.8) is 0 Å². The number of para-hydroxylation sites is 1. The second kappa shape index (κ2) is 7.82. The summed E-state index contributed by atoms with van der Waals surface area (Å²) < 4.78 is 0. The largest absolute Gasteiger partial charge is 0.507 e. The molecule has 2 rings (SSSR count). The van der Waals surface area contributed by atoms with E-state index in [-0.39, 0.29) is 23.6 Å². The fourth-order valence-electron chi connectivity index (χ4n) is 2.69. The van der Waals surface area contributed by atoms with Crippen molar-refractivity contribution in [3.8, 4) is 5.75 Å². The van der Waals surface area contributed by atoms with E-state index in [1.165, 1.54) is 6.07 Å². The van der Waals surface area contributed by atoms with Gasteiger partial charge in [0.25, 0.3) is 5.91 Å². The third-order valence-corrected chi connectivity index (χ3v) is 4.08. The first-order valence-electron chi connectivity index (χ1n) is 7.98. The van der Waals surface area contributed by atoms with Gasteiger partial charge in [-0.25, -0.2) is 0 Å². The molecule has 5 nitrogen and oxygen atoms in total. The van der Waals surface area contributed by atoms with Gasteiger partial charge in [0.1, 0.15) is 5.75 Å². The number of hydrogen-bond donors (Lipinski definition) is 2. The minimum atomic E-state index is -0.256. The zero-order valence-electron chi connectivity index (χ0n) is 13.0. The Hall–Kier alpha value is -2.04. The number of unbranched alkanes of at least 4 members (excludes halogenated alkanes) is 1. The predicted molar refractivity (Wildman–Crippen MR) is 84.7 cm³/mol. The molecular weight excluding hydrogens is 280 g/mol. The Labute approximate surface area is 131 Å². The third-order valence-electron chi connectivity index (χ3n) is 4.08. The van der Waals surface area contributed by atoms with Gasteiger partial charge in [-0.1, -0.05) is 25.5 Å². The summed E-state index contributed by atoms with van der Waals surface area (Å²) in [5, 5.41) is 12.6. The quantitative estimate of drug-likeness (QED) is 0.877. The monoisotopic (exact) mass is 304 g/mol. The average molecular weight is 304 g/mol. The van der Waals surface area contributed by atoms with Gasteiger partial charge in [-0.15, -0.1) is 0 Å². The number of nitrogens with one attached hydrogen (secondary N) is 1. The van der Waals surface area contributed by atoms with Gasteiger partial charge in [-0.05, 0) is 31.4 Å². The van der Waals surface area contributed by atoms with Crippen molar-refractivity contribution < 1.29 is 14.7 Å². The summed E-state index contributed by atoms with van der Waals surface area (Å²) in [5.74, 6) is -0.0478. The summed E-state index contributed by atoms with van der Waals surface area (Å²) in [7, 11) is 0. The number of aromatic hydroxyl groups is 1. The van der Waals surface area contributed by atoms with Crippen molar-refractivity contribution in [2.45, 2.75) is 45.1 Å². The summed E-state index contributed by atoms with van der Waals surface area (Å²) in [6.07, 6.45) is 4.10. The number of carbonyl (C=O) groups is 2. The number of carbonyl (C=O) groups excluding carboxylic acids is 2. The molecule has 120 valence electrons. The first kappa shape index (κ1) is 16.3. The molecular formula is C17H24N2O3. The van der Waals surface area contributed by atoms with Crippen LogP contribution in [0.25, 0.3) is 0 Å². The molecule has 22 heavy (non-hydrogen) atoms. The van der Waals surface area contributed by atoms with Crippen LogP contribution in [0.3, 0.4) is 0 Å². The molecule has 0 bridgehead atoms. The molecule has 0 atom stereocenters. The van der Waals surface area contributed by atoms with Gasteiger partial charge in [0, 0.05) is 25.6 Å². The summed E-state index contributed by atoms with van der Waals surface area (Å²) in [6, 6.07) is 6.58. The van der Waals surface area contributed by atoms with Crippen molar-refractivity contribution >= 4 is 11.8 Å². The molecule has 0 aromatic heterocycles. The lowest BCUT2D eigenvalue weighted by molar-refractivity contribution is -0.132. The highest BCUT2D eigenvalue weighted by Crippen LogP contribution is 2.17. The maximum atomic E-state index is 12.1. The van der Waals surface area contributed by atoms with Crippen LogP contribution >= 0.6 is 0 Å². The van der Waals surface area contributed by atoms with Crippen LogP contribution in [0.15, 0.2) is 24.3 Å². The van der Waals surface area contributed by atoms with Gasteiger partial charge >= 0.3 is 0 Å². The summed E-state index contributed by atoms with van der Waals surface area (Å²) in [5.41, 5.74) is 0.295. The lowest BCUT2D eigenvalue weighted by atomic mass is 10.0. The average Bonchev–Trinajstić information content (AvgIpc) is 2.53. The molecule has 0 unspecified atom stereocenters. The van der Waals surface area contributed by atoms with Crippen molar-refractivity contribution in [2.24, 2.45) is 0 Å². The van der Waals surface area contributed by atoms with Crippen LogP contribution in [0.5, 0.6) is 5.75 Å². The number of rotatable bonds is 5. The molecule has 1 aliphatic heterocycles. The number of likely N-dealkylation sites (tertiary alicyclic amines) is 1. The van der Waals surface area contributed by atoms with E-state index in [4.69, 9.17) is 0 Å². The van der Waals surface area contributed by atoms with E-state index in [2.05, 4.69) is 12.2 Å². The maximum Gasteiger partial charge on any atom is 0.255 e. The summed E-state index contributed by atoms with van der Waals surface area (Å²) in [6.45, 7) is 3.45. The Morgan fingerprint density at radius 2 is 1.95 bits per heavy atom. The van der Waals surface area contributed by atoms with Gasteiger partial charge < -0.3 is 15.3 Å². The van der Waals surface area contributed by atoms with Crippen LogP contribution in [0.1, 0.15) is 49.4 Å². The van der Waals surface area contributed by atoms with Crippen LogP contribution in [-0.2, 0) is 4.79 Å². The highest BCUT2D eigenvalue weighted by molar-refractivity contribution is 5.96. The number of hydrogen-bond acceptors (Lipinski definition) is 3. The molecule has 1 aliphatic rings. The second-order valence-corrected chi connectivity index (χ2v) is 5.75. The normalized spacial score (nSPS) is 15.6. The number of phenols is 1. The molecule has 0 radical (unpaired) electrons. The van der Waals surface area contributed by atoms with E-state index in [1.54, 1.807) is 18.2 Å². The molecule has 2 amide bonds. The first-order chi connectivity index (χ1) is 10.6. The molecule has 0 saturated carbocycles. The van der Waals surface area contributed by atoms with Crippen molar-refractivity contribution in [1.29, 1.82) is 0 Å². The van der Waals surface area contributed by atoms with Crippen molar-refractivity contribution in [2.75, 3.05) is 13.1 Å². The lowest BCUT2D eigenvalue weighted by Crippen LogP contribution is -2.46. The van der Waals surface area contributed by atoms with Gasteiger partial charge in [0.2, 0.25) is 5.91 Å². The summed E-state index contributed by atoms with van der Waals surface area (Å²) >= 11 is 0. The lowest BCUT2D eigenvalue weighted by Gasteiger charge is -2.32. The van der Waals surface area contributed by atoms with Gasteiger partial charge in [-0.3, -0.25) is 9.59 Å². The Bertz CT molecular complexity index is 522. The van der Waals surface area contributed by atoms with Crippen LogP contribution in [0, 0.1) is 0 Å². The number of amides is 2. The molecule has 0 aliphatic carbocycles. The Morgan fingerprint density at radius 1 is 1.27 bits per heavy atom. The van der Waals surface area contributed by atoms with Gasteiger partial charge in [0.15, 0.2) is 0 Å². The Kier molecular flexibility index (Phi) is 5.81. The topological polar surface area (TPSA) is 69.6 Å². The molecule has 1 aromatic rings. The highest BCUT2D eigenvalue weighted by atomic mass is 16.3. The van der Waals surface area contributed by atoms with Crippen LogP contribution in [0.4, 0.5) is 0 Å². The van der Waals surface area contributed by atoms with Crippen molar-refractivity contribution in [3.05, 3.63) is 29.8 Å². The molecule has 1 aromatic carbocycles.